The summed E-state index contributed by atoms with van der Waals surface area (Å²) in [5.41, 5.74) is 2.98. The quantitative estimate of drug-likeness (QED) is 0.245. The lowest BCUT2D eigenvalue weighted by atomic mass is 10.1. The molecule has 1 N–H and O–H groups in total. The highest BCUT2D eigenvalue weighted by Crippen LogP contribution is 2.52. The van der Waals surface area contributed by atoms with Crippen molar-refractivity contribution in [3.8, 4) is 23.2 Å². The van der Waals surface area contributed by atoms with Gasteiger partial charge in [-0.1, -0.05) is 35.7 Å². The van der Waals surface area contributed by atoms with E-state index in [0.717, 1.165) is 49.0 Å². The summed E-state index contributed by atoms with van der Waals surface area (Å²) in [5.74, 6) is 0.00505. The fraction of sp³-hybridized carbons (Fsp3) is 0.333. The molecule has 2 aliphatic heterocycles. The van der Waals surface area contributed by atoms with E-state index in [-0.39, 0.29) is 18.9 Å². The Morgan fingerprint density at radius 2 is 1.81 bits per heavy atom. The topological polar surface area (TPSA) is 148 Å². The molecule has 2 aliphatic rings. The minimum Gasteiger partial charge on any atom is -0.379 e. The SMILES string of the molecule is CS(=O)(=O)OCC(CC#N)Nc1ccc2c(c1)Sc1cccc(-c3cc(N4CCOCC4)cc(OS(C)(=O)=O)n3)c1S2. The van der Waals surface area contributed by atoms with Gasteiger partial charge in [-0.3, -0.25) is 4.18 Å². The average Bonchev–Trinajstić information content (AvgIpc) is 2.93. The zero-order chi connectivity index (χ0) is 29.9. The molecule has 5 rings (SSSR count). The number of rotatable bonds is 10. The molecule has 2 aromatic carbocycles. The van der Waals surface area contributed by atoms with Crippen LogP contribution >= 0.6 is 23.5 Å². The zero-order valence-corrected chi connectivity index (χ0v) is 26.0. The number of fused-ring (bicyclic) bond motifs is 2. The van der Waals surface area contributed by atoms with Crippen LogP contribution in [0.1, 0.15) is 6.42 Å². The Hall–Kier alpha value is -3.00. The number of nitrogens with one attached hydrogen (secondary N) is 1. The van der Waals surface area contributed by atoms with E-state index >= 15 is 0 Å². The van der Waals surface area contributed by atoms with Gasteiger partial charge < -0.3 is 19.1 Å². The van der Waals surface area contributed by atoms with Gasteiger partial charge in [-0.05, 0) is 30.3 Å². The van der Waals surface area contributed by atoms with Gasteiger partial charge in [0.2, 0.25) is 5.88 Å². The molecule has 0 saturated carbocycles. The first-order valence-electron chi connectivity index (χ1n) is 12.8. The first-order valence-corrected chi connectivity index (χ1v) is 18.1. The first kappa shape index (κ1) is 30.5. The average molecular weight is 649 g/mol. The maximum Gasteiger partial charge on any atom is 0.307 e. The number of pyridine rings is 1. The minimum atomic E-state index is -3.79. The van der Waals surface area contributed by atoms with Gasteiger partial charge in [0.1, 0.15) is 0 Å². The van der Waals surface area contributed by atoms with Crippen LogP contribution in [-0.4, -0.2) is 73.3 Å². The standard InChI is InChI=1S/C27H28N4O7S4/c1-41(32,33)37-17-19(8-9-28)29-18-6-7-23-25(14-18)39-24-5-3-4-21(27(24)40-23)22-15-20(31-10-12-36-13-11-31)16-26(30-22)38-42(2,34)35/h3-7,14-16,19,29H,8,10-13,17H2,1-2H3. The molecule has 0 bridgehead atoms. The molecule has 1 unspecified atom stereocenters. The molecule has 1 atom stereocenters. The minimum absolute atomic E-state index is 0.00505. The maximum atomic E-state index is 12.0. The third kappa shape index (κ3) is 7.88. The Bertz CT molecular complexity index is 1740. The summed E-state index contributed by atoms with van der Waals surface area (Å²) in [7, 11) is -7.42. The molecular weight excluding hydrogens is 621 g/mol. The number of ether oxygens (including phenoxy) is 1. The monoisotopic (exact) mass is 648 g/mol. The third-order valence-electron chi connectivity index (χ3n) is 6.22. The molecule has 0 amide bonds. The molecule has 15 heteroatoms. The normalized spacial score (nSPS) is 15.7. The lowest BCUT2D eigenvalue weighted by Crippen LogP contribution is -2.36. The summed E-state index contributed by atoms with van der Waals surface area (Å²) in [6, 6.07) is 16.8. The van der Waals surface area contributed by atoms with Crippen molar-refractivity contribution in [1.29, 1.82) is 5.26 Å². The Morgan fingerprint density at radius 1 is 1.02 bits per heavy atom. The number of benzene rings is 2. The number of nitrogens with zero attached hydrogens (tertiary/aromatic N) is 3. The van der Waals surface area contributed by atoms with Crippen LogP contribution in [-0.2, 0) is 29.2 Å². The number of nitriles is 1. The van der Waals surface area contributed by atoms with Crippen LogP contribution < -0.4 is 14.4 Å². The van der Waals surface area contributed by atoms with Crippen molar-refractivity contribution in [3.63, 3.8) is 0 Å². The number of hydrogen-bond donors (Lipinski definition) is 1. The van der Waals surface area contributed by atoms with Gasteiger partial charge in [0, 0.05) is 55.7 Å². The number of hydrogen-bond acceptors (Lipinski definition) is 13. The van der Waals surface area contributed by atoms with E-state index in [1.807, 2.05) is 42.5 Å². The second-order valence-electron chi connectivity index (χ2n) is 9.63. The maximum absolute atomic E-state index is 12.0. The molecule has 0 aliphatic carbocycles. The second-order valence-corrected chi connectivity index (χ2v) is 15.0. The summed E-state index contributed by atoms with van der Waals surface area (Å²) in [4.78, 5) is 10.7. The smallest absolute Gasteiger partial charge is 0.307 e. The van der Waals surface area contributed by atoms with E-state index in [1.54, 1.807) is 29.6 Å². The van der Waals surface area contributed by atoms with Gasteiger partial charge in [0.05, 0.1) is 56.6 Å². The highest BCUT2D eigenvalue weighted by atomic mass is 32.2. The van der Waals surface area contributed by atoms with Crippen molar-refractivity contribution in [2.45, 2.75) is 32.0 Å². The molecule has 222 valence electrons. The fourth-order valence-corrected chi connectivity index (χ4v) is 7.64. The zero-order valence-electron chi connectivity index (χ0n) is 22.8. The van der Waals surface area contributed by atoms with Gasteiger partial charge in [-0.2, -0.15) is 22.1 Å². The highest BCUT2D eigenvalue weighted by Gasteiger charge is 2.24. The van der Waals surface area contributed by atoms with Crippen LogP contribution in [0.4, 0.5) is 11.4 Å². The highest BCUT2D eigenvalue weighted by molar-refractivity contribution is 8.05. The van der Waals surface area contributed by atoms with E-state index in [4.69, 9.17) is 13.1 Å². The fourth-order valence-electron chi connectivity index (χ4n) is 4.43. The Labute approximate surface area is 253 Å². The lowest BCUT2D eigenvalue weighted by molar-refractivity contribution is 0.122. The third-order valence-corrected chi connectivity index (χ3v) is 9.86. The predicted octanol–water partition coefficient (Wildman–Crippen LogP) is 4.21. The van der Waals surface area contributed by atoms with Crippen LogP contribution in [0.2, 0.25) is 0 Å². The van der Waals surface area contributed by atoms with E-state index in [9.17, 15) is 22.1 Å². The van der Waals surface area contributed by atoms with Crippen LogP contribution in [0.3, 0.4) is 0 Å². The van der Waals surface area contributed by atoms with Crippen molar-refractivity contribution >= 4 is 55.1 Å². The van der Waals surface area contributed by atoms with E-state index in [2.05, 4.69) is 21.3 Å². The number of anilines is 2. The number of aromatic nitrogens is 1. The lowest BCUT2D eigenvalue weighted by Gasteiger charge is -2.29. The molecule has 1 aromatic heterocycles. The van der Waals surface area contributed by atoms with E-state index in [0.29, 0.717) is 32.0 Å². The molecule has 1 fully saturated rings. The summed E-state index contributed by atoms with van der Waals surface area (Å²) in [6.45, 7) is 2.32. The van der Waals surface area contributed by atoms with Gasteiger partial charge in [0.15, 0.2) is 0 Å². The molecular formula is C27H28N4O7S4. The Balaban J connectivity index is 1.44. The van der Waals surface area contributed by atoms with Crippen molar-refractivity contribution in [3.05, 3.63) is 48.5 Å². The summed E-state index contributed by atoms with van der Waals surface area (Å²) >= 11 is 3.15. The molecule has 11 nitrogen and oxygen atoms in total. The van der Waals surface area contributed by atoms with Crippen LogP contribution in [0.15, 0.2) is 68.1 Å². The molecule has 0 spiro atoms. The Morgan fingerprint density at radius 3 is 2.52 bits per heavy atom. The van der Waals surface area contributed by atoms with Crippen LogP contribution in [0.25, 0.3) is 11.3 Å². The second kappa shape index (κ2) is 12.7. The summed E-state index contributed by atoms with van der Waals surface area (Å²) < 4.78 is 62.4. The summed E-state index contributed by atoms with van der Waals surface area (Å²) in [5, 5.41) is 12.4. The van der Waals surface area contributed by atoms with Gasteiger partial charge in [-0.25, -0.2) is 4.98 Å². The van der Waals surface area contributed by atoms with E-state index in [1.165, 1.54) is 0 Å². The molecule has 3 heterocycles. The van der Waals surface area contributed by atoms with Crippen molar-refractivity contribution < 1.29 is 29.9 Å². The molecule has 0 radical (unpaired) electrons. The predicted molar refractivity (Wildman–Crippen MR) is 161 cm³/mol. The molecule has 1 saturated heterocycles. The van der Waals surface area contributed by atoms with E-state index < -0.39 is 26.3 Å². The van der Waals surface area contributed by atoms with Crippen molar-refractivity contribution in [2.24, 2.45) is 0 Å². The summed E-state index contributed by atoms with van der Waals surface area (Å²) in [6.07, 6.45) is 2.04. The van der Waals surface area contributed by atoms with Gasteiger partial charge in [-0.15, -0.1) is 0 Å². The molecule has 42 heavy (non-hydrogen) atoms. The van der Waals surface area contributed by atoms with Crippen LogP contribution in [0, 0.1) is 11.3 Å². The number of morpholine rings is 1. The van der Waals surface area contributed by atoms with Crippen molar-refractivity contribution in [2.75, 3.05) is 55.6 Å². The van der Waals surface area contributed by atoms with Crippen LogP contribution in [0.5, 0.6) is 5.88 Å². The Kier molecular flexibility index (Phi) is 9.21. The van der Waals surface area contributed by atoms with Gasteiger partial charge >= 0.3 is 10.1 Å². The van der Waals surface area contributed by atoms with Crippen molar-refractivity contribution in [1.82, 2.24) is 4.98 Å². The largest absolute Gasteiger partial charge is 0.379 e. The molecule has 3 aromatic rings. The first-order chi connectivity index (χ1) is 20.0. The van der Waals surface area contributed by atoms with Gasteiger partial charge in [0.25, 0.3) is 10.1 Å².